The normalized spacial score (nSPS) is 32.1. The van der Waals surface area contributed by atoms with Gasteiger partial charge in [-0.1, -0.05) is 12.2 Å². The van der Waals surface area contributed by atoms with E-state index < -0.39 is 0 Å². The molecule has 3 aliphatic rings. The summed E-state index contributed by atoms with van der Waals surface area (Å²) >= 11 is 0. The highest BCUT2D eigenvalue weighted by Gasteiger charge is 2.46. The molecule has 0 bridgehead atoms. The Morgan fingerprint density at radius 2 is 1.71 bits per heavy atom. The number of allylic oxidation sites excluding steroid dienone is 2. The van der Waals surface area contributed by atoms with Crippen LogP contribution in [0.15, 0.2) is 12.2 Å². The number of likely N-dealkylation sites (tertiary alicyclic amines) is 1. The fourth-order valence-corrected chi connectivity index (χ4v) is 2.76. The van der Waals surface area contributed by atoms with Crippen molar-refractivity contribution < 1.29 is 9.59 Å². The molecule has 2 amide bonds. The van der Waals surface area contributed by atoms with E-state index in [0.717, 1.165) is 19.4 Å². The molecule has 3 rings (SSSR count). The summed E-state index contributed by atoms with van der Waals surface area (Å²) in [4.78, 5) is 25.6. The van der Waals surface area contributed by atoms with Crippen LogP contribution < -0.4 is 5.32 Å². The van der Waals surface area contributed by atoms with Crippen LogP contribution in [0.25, 0.3) is 0 Å². The maximum atomic E-state index is 12.1. The Hall–Kier alpha value is -1.16. The Labute approximate surface area is 101 Å². The quantitative estimate of drug-likeness (QED) is 0.575. The summed E-state index contributed by atoms with van der Waals surface area (Å²) in [6.07, 6.45) is 7.99. The first-order valence-corrected chi connectivity index (χ1v) is 6.51. The number of carbonyl (C=O) groups excluding carboxylic acids is 2. The van der Waals surface area contributed by atoms with Gasteiger partial charge in [-0.2, -0.15) is 0 Å². The molecule has 2 aliphatic carbocycles. The molecule has 2 atom stereocenters. The lowest BCUT2D eigenvalue weighted by Crippen LogP contribution is -2.37. The Bertz CT molecular complexity index is 348. The maximum Gasteiger partial charge on any atom is 0.233 e. The molecule has 1 heterocycles. The number of hydrogen-bond acceptors (Lipinski definition) is 3. The summed E-state index contributed by atoms with van der Waals surface area (Å²) in [7, 11) is 0. The number of fused-ring (bicyclic) bond motifs is 1. The Kier molecular flexibility index (Phi) is 2.74. The molecular formula is C13H18N2O2. The number of nitrogens with zero attached hydrogens (tertiary/aromatic N) is 1. The molecule has 1 saturated heterocycles. The molecule has 0 aromatic carbocycles. The van der Waals surface area contributed by atoms with Gasteiger partial charge in [0.05, 0.1) is 11.8 Å². The first-order valence-electron chi connectivity index (χ1n) is 6.51. The van der Waals surface area contributed by atoms with Crippen LogP contribution in [0.5, 0.6) is 0 Å². The third kappa shape index (κ3) is 2.02. The van der Waals surface area contributed by atoms with Crippen molar-refractivity contribution in [2.75, 3.05) is 13.1 Å². The molecular weight excluding hydrogens is 216 g/mol. The summed E-state index contributed by atoms with van der Waals surface area (Å²) in [6, 6.07) is 0.631. The van der Waals surface area contributed by atoms with E-state index in [2.05, 4.69) is 5.32 Å². The van der Waals surface area contributed by atoms with Gasteiger partial charge in [-0.3, -0.25) is 14.5 Å². The molecule has 4 heteroatoms. The average molecular weight is 234 g/mol. The van der Waals surface area contributed by atoms with Crippen molar-refractivity contribution >= 4 is 11.8 Å². The van der Waals surface area contributed by atoms with Crippen LogP contribution in [0.4, 0.5) is 0 Å². The number of nitrogens with one attached hydrogen (secondary N) is 1. The summed E-state index contributed by atoms with van der Waals surface area (Å²) < 4.78 is 0. The predicted molar refractivity (Wildman–Crippen MR) is 63.1 cm³/mol. The van der Waals surface area contributed by atoms with Crippen LogP contribution >= 0.6 is 0 Å². The number of rotatable bonds is 4. The van der Waals surface area contributed by atoms with Crippen LogP contribution in [-0.4, -0.2) is 35.8 Å². The zero-order valence-corrected chi connectivity index (χ0v) is 9.89. The van der Waals surface area contributed by atoms with Gasteiger partial charge >= 0.3 is 0 Å². The van der Waals surface area contributed by atoms with E-state index in [9.17, 15) is 9.59 Å². The van der Waals surface area contributed by atoms with E-state index in [1.54, 1.807) is 0 Å². The zero-order valence-electron chi connectivity index (χ0n) is 9.89. The third-order valence-electron chi connectivity index (χ3n) is 3.94. The van der Waals surface area contributed by atoms with Crippen molar-refractivity contribution in [3.05, 3.63) is 12.2 Å². The number of hydrogen-bond donors (Lipinski definition) is 1. The Balaban J connectivity index is 1.60. The van der Waals surface area contributed by atoms with Crippen molar-refractivity contribution in [3.63, 3.8) is 0 Å². The molecule has 2 fully saturated rings. The van der Waals surface area contributed by atoms with Crippen molar-refractivity contribution in [1.29, 1.82) is 0 Å². The van der Waals surface area contributed by atoms with Gasteiger partial charge in [-0.25, -0.2) is 0 Å². The Morgan fingerprint density at radius 3 is 2.24 bits per heavy atom. The van der Waals surface area contributed by atoms with Gasteiger partial charge in [0, 0.05) is 19.1 Å². The highest BCUT2D eigenvalue weighted by molar-refractivity contribution is 6.05. The summed E-state index contributed by atoms with van der Waals surface area (Å²) in [5.41, 5.74) is 0. The average Bonchev–Trinajstić information content (AvgIpc) is 3.13. The number of carbonyl (C=O) groups is 2. The minimum absolute atomic E-state index is 0.0435. The molecule has 0 aromatic rings. The molecule has 1 saturated carbocycles. The van der Waals surface area contributed by atoms with Gasteiger partial charge in [0.25, 0.3) is 0 Å². The molecule has 0 aromatic heterocycles. The van der Waals surface area contributed by atoms with E-state index in [1.165, 1.54) is 17.7 Å². The van der Waals surface area contributed by atoms with E-state index in [4.69, 9.17) is 0 Å². The summed E-state index contributed by atoms with van der Waals surface area (Å²) in [6.45, 7) is 1.29. The molecule has 1 N–H and O–H groups in total. The minimum atomic E-state index is -0.0755. The van der Waals surface area contributed by atoms with E-state index in [-0.39, 0.29) is 23.7 Å². The monoisotopic (exact) mass is 234 g/mol. The lowest BCUT2D eigenvalue weighted by molar-refractivity contribution is -0.139. The lowest BCUT2D eigenvalue weighted by atomic mass is 9.85. The summed E-state index contributed by atoms with van der Waals surface area (Å²) in [5.74, 6) is -0.0641. The SMILES string of the molecule is O=C1[C@H]2CC=CC[C@H]2C(=O)N1CCNC1CC1. The van der Waals surface area contributed by atoms with Crippen LogP contribution in [0.1, 0.15) is 25.7 Å². The Morgan fingerprint density at radius 1 is 1.12 bits per heavy atom. The third-order valence-corrected chi connectivity index (χ3v) is 3.94. The standard InChI is InChI=1S/C13H18N2O2/c16-12-10-3-1-2-4-11(10)13(17)15(12)8-7-14-9-5-6-9/h1-2,9-11,14H,3-8H2/t10-,11+. The van der Waals surface area contributed by atoms with Gasteiger partial charge in [0.15, 0.2) is 0 Å². The van der Waals surface area contributed by atoms with Crippen LogP contribution in [-0.2, 0) is 9.59 Å². The first kappa shape index (κ1) is 11.0. The zero-order chi connectivity index (χ0) is 11.8. The molecule has 92 valence electrons. The van der Waals surface area contributed by atoms with Crippen LogP contribution in [0.3, 0.4) is 0 Å². The van der Waals surface area contributed by atoms with Crippen LogP contribution in [0.2, 0.25) is 0 Å². The first-order chi connectivity index (χ1) is 8.27. The molecule has 17 heavy (non-hydrogen) atoms. The van der Waals surface area contributed by atoms with Gasteiger partial charge in [-0.15, -0.1) is 0 Å². The summed E-state index contributed by atoms with van der Waals surface area (Å²) in [5, 5.41) is 3.34. The van der Waals surface area contributed by atoms with E-state index in [1.807, 2.05) is 12.2 Å². The fourth-order valence-electron chi connectivity index (χ4n) is 2.76. The fraction of sp³-hybridized carbons (Fsp3) is 0.692. The second-order valence-corrected chi connectivity index (χ2v) is 5.21. The van der Waals surface area contributed by atoms with Gasteiger partial charge in [0.2, 0.25) is 11.8 Å². The topological polar surface area (TPSA) is 49.4 Å². The number of imide groups is 1. The molecule has 0 spiro atoms. The van der Waals surface area contributed by atoms with E-state index in [0.29, 0.717) is 12.6 Å². The predicted octanol–water partition coefficient (Wildman–Crippen LogP) is 0.690. The number of amides is 2. The van der Waals surface area contributed by atoms with Gasteiger partial charge in [0.1, 0.15) is 0 Å². The second-order valence-electron chi connectivity index (χ2n) is 5.21. The van der Waals surface area contributed by atoms with Crippen molar-refractivity contribution in [1.82, 2.24) is 10.2 Å². The van der Waals surface area contributed by atoms with Gasteiger partial charge in [-0.05, 0) is 25.7 Å². The molecule has 0 unspecified atom stereocenters. The van der Waals surface area contributed by atoms with Crippen molar-refractivity contribution in [2.24, 2.45) is 11.8 Å². The maximum absolute atomic E-state index is 12.1. The lowest BCUT2D eigenvalue weighted by Gasteiger charge is -2.14. The second kappa shape index (κ2) is 4.26. The minimum Gasteiger partial charge on any atom is -0.312 e. The largest absolute Gasteiger partial charge is 0.312 e. The highest BCUT2D eigenvalue weighted by atomic mass is 16.2. The molecule has 4 nitrogen and oxygen atoms in total. The highest BCUT2D eigenvalue weighted by Crippen LogP contribution is 2.34. The van der Waals surface area contributed by atoms with Crippen molar-refractivity contribution in [3.8, 4) is 0 Å². The van der Waals surface area contributed by atoms with Crippen molar-refractivity contribution in [2.45, 2.75) is 31.7 Å². The molecule has 1 aliphatic heterocycles. The van der Waals surface area contributed by atoms with Gasteiger partial charge < -0.3 is 5.32 Å². The van der Waals surface area contributed by atoms with Crippen LogP contribution in [0, 0.1) is 11.8 Å². The smallest absolute Gasteiger partial charge is 0.233 e. The molecule has 0 radical (unpaired) electrons. The van der Waals surface area contributed by atoms with E-state index >= 15 is 0 Å².